The zero-order chi connectivity index (χ0) is 12.5. The minimum absolute atomic E-state index is 0.237. The third kappa shape index (κ3) is 5.50. The van der Waals surface area contributed by atoms with Gasteiger partial charge in [-0.1, -0.05) is 19.8 Å². The van der Waals surface area contributed by atoms with Crippen molar-refractivity contribution in [1.29, 1.82) is 0 Å². The number of hydrogen-bond acceptors (Lipinski definition) is 3. The summed E-state index contributed by atoms with van der Waals surface area (Å²) in [4.78, 5) is 14.0. The van der Waals surface area contributed by atoms with Crippen LogP contribution in [0.5, 0.6) is 0 Å². The lowest BCUT2D eigenvalue weighted by atomic mass is 10.2. The highest BCUT2D eigenvalue weighted by atomic mass is 16.5. The van der Waals surface area contributed by atoms with E-state index in [0.717, 1.165) is 32.4 Å². The van der Waals surface area contributed by atoms with Gasteiger partial charge in [-0.25, -0.2) is 0 Å². The highest BCUT2D eigenvalue weighted by molar-refractivity contribution is 5.78. The number of amides is 1. The Bertz CT molecular complexity index is 213. The molecule has 1 aliphatic rings. The minimum Gasteiger partial charge on any atom is -0.383 e. The zero-order valence-electron chi connectivity index (χ0n) is 11.2. The molecule has 1 N–H and O–H groups in total. The maximum Gasteiger partial charge on any atom is 0.236 e. The van der Waals surface area contributed by atoms with E-state index in [1.165, 1.54) is 12.8 Å². The summed E-state index contributed by atoms with van der Waals surface area (Å²) < 4.78 is 5.11. The monoisotopic (exact) mass is 242 g/mol. The van der Waals surface area contributed by atoms with Gasteiger partial charge < -0.3 is 15.0 Å². The van der Waals surface area contributed by atoms with Gasteiger partial charge >= 0.3 is 0 Å². The third-order valence-corrected chi connectivity index (χ3v) is 3.36. The van der Waals surface area contributed by atoms with Crippen molar-refractivity contribution in [2.24, 2.45) is 0 Å². The number of likely N-dealkylation sites (tertiary alicyclic amines) is 1. The predicted molar refractivity (Wildman–Crippen MR) is 69.0 cm³/mol. The summed E-state index contributed by atoms with van der Waals surface area (Å²) in [6.45, 7) is 5.09. The molecule has 0 aromatic carbocycles. The molecule has 0 saturated carbocycles. The molecule has 1 rings (SSSR count). The van der Waals surface area contributed by atoms with Crippen molar-refractivity contribution in [3.63, 3.8) is 0 Å². The number of methoxy groups -OCH3 is 1. The molecule has 0 spiro atoms. The summed E-state index contributed by atoms with van der Waals surface area (Å²) >= 11 is 0. The van der Waals surface area contributed by atoms with E-state index in [1.807, 2.05) is 4.90 Å². The number of ether oxygens (including phenoxy) is 1. The van der Waals surface area contributed by atoms with Crippen LogP contribution in [0.3, 0.4) is 0 Å². The van der Waals surface area contributed by atoms with E-state index in [1.54, 1.807) is 7.11 Å². The molecule has 1 amide bonds. The summed E-state index contributed by atoms with van der Waals surface area (Å²) in [6.07, 6.45) is 5.82. The highest BCUT2D eigenvalue weighted by Gasteiger charge is 2.16. The molecule has 1 atom stereocenters. The molecular weight excluding hydrogens is 216 g/mol. The van der Waals surface area contributed by atoms with Crippen LogP contribution in [-0.2, 0) is 9.53 Å². The van der Waals surface area contributed by atoms with Gasteiger partial charge in [-0.3, -0.25) is 4.79 Å². The van der Waals surface area contributed by atoms with Gasteiger partial charge in [0.25, 0.3) is 0 Å². The van der Waals surface area contributed by atoms with Gasteiger partial charge in [0.1, 0.15) is 0 Å². The van der Waals surface area contributed by atoms with E-state index in [9.17, 15) is 4.79 Å². The standard InChI is InChI=1S/C13H26N2O2/c1-3-12(11-17-2)14-10-13(16)15-8-6-4-5-7-9-15/h12,14H,3-11H2,1-2H3. The Morgan fingerprint density at radius 1 is 1.29 bits per heavy atom. The second kappa shape index (κ2) is 8.48. The van der Waals surface area contributed by atoms with Gasteiger partial charge in [0.05, 0.1) is 13.2 Å². The van der Waals surface area contributed by atoms with Crippen LogP contribution in [0.4, 0.5) is 0 Å². The fraction of sp³-hybridized carbons (Fsp3) is 0.923. The molecule has 1 fully saturated rings. The van der Waals surface area contributed by atoms with Crippen molar-refractivity contribution in [3.05, 3.63) is 0 Å². The maximum absolute atomic E-state index is 12.0. The first kappa shape index (κ1) is 14.5. The van der Waals surface area contributed by atoms with Crippen LogP contribution in [0, 0.1) is 0 Å². The predicted octanol–water partition coefficient (Wildman–Crippen LogP) is 1.40. The molecule has 1 heterocycles. The van der Waals surface area contributed by atoms with Crippen molar-refractivity contribution in [3.8, 4) is 0 Å². The zero-order valence-corrected chi connectivity index (χ0v) is 11.2. The van der Waals surface area contributed by atoms with Crippen LogP contribution in [0.1, 0.15) is 39.0 Å². The van der Waals surface area contributed by atoms with Crippen LogP contribution in [-0.4, -0.2) is 50.2 Å². The average molecular weight is 242 g/mol. The van der Waals surface area contributed by atoms with Gasteiger partial charge in [-0.15, -0.1) is 0 Å². The fourth-order valence-electron chi connectivity index (χ4n) is 2.19. The van der Waals surface area contributed by atoms with E-state index in [0.29, 0.717) is 13.2 Å². The normalized spacial score (nSPS) is 18.8. The largest absolute Gasteiger partial charge is 0.383 e. The maximum atomic E-state index is 12.0. The molecule has 4 nitrogen and oxygen atoms in total. The van der Waals surface area contributed by atoms with Crippen molar-refractivity contribution >= 4 is 5.91 Å². The first-order valence-corrected chi connectivity index (χ1v) is 6.78. The lowest BCUT2D eigenvalue weighted by molar-refractivity contribution is -0.130. The third-order valence-electron chi connectivity index (χ3n) is 3.36. The summed E-state index contributed by atoms with van der Waals surface area (Å²) in [7, 11) is 1.70. The molecule has 0 aliphatic carbocycles. The number of rotatable bonds is 6. The van der Waals surface area contributed by atoms with Gasteiger partial charge in [0.2, 0.25) is 5.91 Å². The average Bonchev–Trinajstić information content (AvgIpc) is 2.62. The quantitative estimate of drug-likeness (QED) is 0.765. The van der Waals surface area contributed by atoms with Gasteiger partial charge in [-0.05, 0) is 19.3 Å². The van der Waals surface area contributed by atoms with E-state index in [4.69, 9.17) is 4.74 Å². The number of hydrogen-bond donors (Lipinski definition) is 1. The van der Waals surface area contributed by atoms with E-state index >= 15 is 0 Å². The lowest BCUT2D eigenvalue weighted by Gasteiger charge is -2.22. The molecule has 17 heavy (non-hydrogen) atoms. The Balaban J connectivity index is 2.26. The SMILES string of the molecule is CCC(COC)NCC(=O)N1CCCCCC1. The van der Waals surface area contributed by atoms with Gasteiger partial charge in [0, 0.05) is 26.2 Å². The summed E-state index contributed by atoms with van der Waals surface area (Å²) in [5.41, 5.74) is 0. The number of carbonyl (C=O) groups is 1. The van der Waals surface area contributed by atoms with Crippen LogP contribution < -0.4 is 5.32 Å². The molecule has 0 radical (unpaired) electrons. The molecule has 100 valence electrons. The van der Waals surface area contributed by atoms with E-state index in [-0.39, 0.29) is 11.9 Å². The molecule has 0 aromatic heterocycles. The van der Waals surface area contributed by atoms with E-state index in [2.05, 4.69) is 12.2 Å². The summed E-state index contributed by atoms with van der Waals surface area (Å²) in [6, 6.07) is 0.288. The number of nitrogens with zero attached hydrogens (tertiary/aromatic N) is 1. The molecular formula is C13H26N2O2. The molecule has 0 bridgehead atoms. The van der Waals surface area contributed by atoms with Crippen molar-refractivity contribution in [2.45, 2.75) is 45.1 Å². The number of carbonyl (C=O) groups excluding carboxylic acids is 1. The Morgan fingerprint density at radius 3 is 2.47 bits per heavy atom. The van der Waals surface area contributed by atoms with Gasteiger partial charge in [-0.2, -0.15) is 0 Å². The lowest BCUT2D eigenvalue weighted by Crippen LogP contribution is -2.43. The minimum atomic E-state index is 0.237. The Morgan fingerprint density at radius 2 is 1.94 bits per heavy atom. The van der Waals surface area contributed by atoms with Crippen LogP contribution in [0.15, 0.2) is 0 Å². The molecule has 4 heteroatoms. The van der Waals surface area contributed by atoms with Crippen LogP contribution in [0.2, 0.25) is 0 Å². The Labute approximate surface area is 105 Å². The molecule has 0 aromatic rings. The number of nitrogens with one attached hydrogen (secondary N) is 1. The van der Waals surface area contributed by atoms with Crippen molar-refractivity contribution < 1.29 is 9.53 Å². The topological polar surface area (TPSA) is 41.6 Å². The Kier molecular flexibility index (Phi) is 7.21. The summed E-state index contributed by atoms with van der Waals surface area (Å²) in [5, 5.41) is 3.27. The van der Waals surface area contributed by atoms with Crippen LogP contribution >= 0.6 is 0 Å². The van der Waals surface area contributed by atoms with Crippen molar-refractivity contribution in [2.75, 3.05) is 33.4 Å². The molecule has 1 saturated heterocycles. The second-order valence-electron chi connectivity index (χ2n) is 4.74. The highest BCUT2D eigenvalue weighted by Crippen LogP contribution is 2.09. The smallest absolute Gasteiger partial charge is 0.236 e. The van der Waals surface area contributed by atoms with Crippen molar-refractivity contribution in [1.82, 2.24) is 10.2 Å². The second-order valence-corrected chi connectivity index (χ2v) is 4.74. The molecule has 1 unspecified atom stereocenters. The van der Waals surface area contributed by atoms with Crippen LogP contribution in [0.25, 0.3) is 0 Å². The molecule has 1 aliphatic heterocycles. The summed E-state index contributed by atoms with van der Waals surface area (Å²) in [5.74, 6) is 0.237. The first-order chi connectivity index (χ1) is 8.27. The Hall–Kier alpha value is -0.610. The van der Waals surface area contributed by atoms with E-state index < -0.39 is 0 Å². The van der Waals surface area contributed by atoms with Gasteiger partial charge in [0.15, 0.2) is 0 Å². The fourth-order valence-corrected chi connectivity index (χ4v) is 2.19. The first-order valence-electron chi connectivity index (χ1n) is 6.78.